The summed E-state index contributed by atoms with van der Waals surface area (Å²) in [6, 6.07) is 14.5. The zero-order valence-corrected chi connectivity index (χ0v) is 18.8. The van der Waals surface area contributed by atoms with Gasteiger partial charge in [0.25, 0.3) is 5.91 Å². The molecule has 3 aromatic rings. The summed E-state index contributed by atoms with van der Waals surface area (Å²) in [5, 5.41) is 1.47. The van der Waals surface area contributed by atoms with Crippen molar-refractivity contribution < 1.29 is 9.21 Å². The molecule has 0 spiro atoms. The molecule has 0 atom stereocenters. The third-order valence-electron chi connectivity index (χ3n) is 4.39. The van der Waals surface area contributed by atoms with Crippen molar-refractivity contribution in [2.45, 2.75) is 6.92 Å². The van der Waals surface area contributed by atoms with Crippen molar-refractivity contribution in [3.8, 4) is 11.3 Å². The Morgan fingerprint density at radius 2 is 2.03 bits per heavy atom. The topological polar surface area (TPSA) is 58.7 Å². The largest absolute Gasteiger partial charge is 0.457 e. The van der Waals surface area contributed by atoms with Crippen LogP contribution in [0.25, 0.3) is 17.4 Å². The van der Waals surface area contributed by atoms with E-state index in [0.717, 1.165) is 11.3 Å². The number of carbonyl (C=O) groups excluding carboxylic acids is 1. The van der Waals surface area contributed by atoms with Gasteiger partial charge in [0.15, 0.2) is 11.0 Å². The number of hydrogen-bond donors (Lipinski definition) is 0. The Morgan fingerprint density at radius 3 is 2.77 bits per heavy atom. The summed E-state index contributed by atoms with van der Waals surface area (Å²) < 4.78 is 5.90. The highest BCUT2D eigenvalue weighted by molar-refractivity contribution is 8.18. The smallest absolute Gasteiger partial charge is 0.267 e. The lowest BCUT2D eigenvalue weighted by molar-refractivity contribution is -0.121. The predicted octanol–water partition coefficient (Wildman–Crippen LogP) is 6.75. The van der Waals surface area contributed by atoms with Gasteiger partial charge in [-0.15, -0.1) is 6.58 Å². The van der Waals surface area contributed by atoms with Gasteiger partial charge in [-0.25, -0.2) is 9.98 Å². The van der Waals surface area contributed by atoms with E-state index in [-0.39, 0.29) is 5.91 Å². The molecule has 2 aromatic heterocycles. The highest BCUT2D eigenvalue weighted by atomic mass is 35.5. The predicted molar refractivity (Wildman–Crippen MR) is 128 cm³/mol. The number of carbonyl (C=O) groups is 1. The molecule has 1 fully saturated rings. The lowest BCUT2D eigenvalue weighted by Gasteiger charge is -2.12. The molecular weight excluding hydrogens is 453 g/mol. The number of rotatable bonds is 5. The number of hydrogen-bond acceptors (Lipinski definition) is 5. The van der Waals surface area contributed by atoms with E-state index in [0.29, 0.717) is 44.0 Å². The molecule has 8 heteroatoms. The normalized spacial score (nSPS) is 16.5. The van der Waals surface area contributed by atoms with E-state index in [2.05, 4.69) is 16.6 Å². The summed E-state index contributed by atoms with van der Waals surface area (Å²) in [6.45, 7) is 5.98. The summed E-state index contributed by atoms with van der Waals surface area (Å²) in [7, 11) is 0. The van der Waals surface area contributed by atoms with Crippen LogP contribution in [0.2, 0.25) is 10.0 Å². The Bertz CT molecular complexity index is 1230. The Labute approximate surface area is 194 Å². The number of amidine groups is 1. The molecule has 1 amide bonds. The molecule has 0 unspecified atom stereocenters. The van der Waals surface area contributed by atoms with Gasteiger partial charge >= 0.3 is 0 Å². The molecule has 31 heavy (non-hydrogen) atoms. The van der Waals surface area contributed by atoms with Crippen molar-refractivity contribution in [3.05, 3.63) is 87.6 Å². The molecule has 1 aliphatic heterocycles. The van der Waals surface area contributed by atoms with Crippen LogP contribution in [-0.2, 0) is 4.79 Å². The van der Waals surface area contributed by atoms with E-state index < -0.39 is 0 Å². The van der Waals surface area contributed by atoms with Gasteiger partial charge in [-0.2, -0.15) is 0 Å². The summed E-state index contributed by atoms with van der Waals surface area (Å²) in [4.78, 5) is 24.0. The monoisotopic (exact) mass is 469 g/mol. The fraction of sp³-hybridized carbons (Fsp3) is 0.0870. The number of pyridine rings is 1. The van der Waals surface area contributed by atoms with E-state index in [1.807, 2.05) is 31.2 Å². The first-order valence-corrected chi connectivity index (χ1v) is 10.9. The lowest BCUT2D eigenvalue weighted by Crippen LogP contribution is -2.29. The second-order valence-corrected chi connectivity index (χ2v) is 8.50. The average molecular weight is 470 g/mol. The molecule has 0 N–H and O–H groups in total. The number of amides is 1. The minimum atomic E-state index is -0.163. The van der Waals surface area contributed by atoms with E-state index in [4.69, 9.17) is 27.6 Å². The van der Waals surface area contributed by atoms with E-state index >= 15 is 0 Å². The fourth-order valence-corrected chi connectivity index (χ4v) is 4.21. The molecule has 0 aliphatic carbocycles. The molecule has 3 heterocycles. The summed E-state index contributed by atoms with van der Waals surface area (Å²) in [5.41, 5.74) is 1.65. The molecule has 1 saturated heterocycles. The number of benzene rings is 1. The van der Waals surface area contributed by atoms with Gasteiger partial charge in [-0.05, 0) is 61.2 Å². The van der Waals surface area contributed by atoms with Crippen molar-refractivity contribution in [1.29, 1.82) is 0 Å². The second kappa shape index (κ2) is 9.14. The van der Waals surface area contributed by atoms with Gasteiger partial charge in [0.1, 0.15) is 11.5 Å². The minimum Gasteiger partial charge on any atom is -0.457 e. The third-order valence-corrected chi connectivity index (χ3v) is 6.13. The number of thioether (sulfide) groups is 1. The van der Waals surface area contributed by atoms with Gasteiger partial charge in [-0.1, -0.05) is 35.3 Å². The molecule has 0 bridgehead atoms. The zero-order valence-electron chi connectivity index (χ0n) is 16.5. The summed E-state index contributed by atoms with van der Waals surface area (Å²) in [6.07, 6.45) is 3.37. The maximum Gasteiger partial charge on any atom is 0.267 e. The van der Waals surface area contributed by atoms with E-state index in [1.165, 1.54) is 11.8 Å². The molecule has 1 aliphatic rings. The number of nitrogens with zero attached hydrogens (tertiary/aromatic N) is 3. The van der Waals surface area contributed by atoms with Gasteiger partial charge in [0.2, 0.25) is 0 Å². The van der Waals surface area contributed by atoms with Crippen molar-refractivity contribution in [1.82, 2.24) is 9.88 Å². The summed E-state index contributed by atoms with van der Waals surface area (Å²) >= 11 is 13.4. The maximum atomic E-state index is 12.9. The minimum absolute atomic E-state index is 0.163. The number of halogens is 2. The Kier molecular flexibility index (Phi) is 6.32. The number of aliphatic imine (C=N–C) groups is 1. The quantitative estimate of drug-likeness (QED) is 0.306. The van der Waals surface area contributed by atoms with Gasteiger partial charge in [0, 0.05) is 23.9 Å². The van der Waals surface area contributed by atoms with Crippen LogP contribution in [0.5, 0.6) is 0 Å². The van der Waals surface area contributed by atoms with Crippen LogP contribution in [0.1, 0.15) is 11.5 Å². The molecule has 156 valence electrons. The van der Waals surface area contributed by atoms with Gasteiger partial charge in [-0.3, -0.25) is 9.69 Å². The van der Waals surface area contributed by atoms with E-state index in [9.17, 15) is 4.79 Å². The molecule has 1 aromatic carbocycles. The van der Waals surface area contributed by atoms with E-state index in [1.54, 1.807) is 41.3 Å². The number of furan rings is 1. The van der Waals surface area contributed by atoms with Crippen molar-refractivity contribution in [2.24, 2.45) is 4.99 Å². The maximum absolute atomic E-state index is 12.9. The Balaban J connectivity index is 1.63. The standard InChI is InChI=1S/C23H17Cl2N3O2S/c1-3-11-28-22(29)20(31-23(28)27-21-6-4-5-14(2)26-21)13-16-8-10-19(30-16)15-7-9-17(24)18(25)12-15/h3-10,12-13H,1,11H2,2H3/b20-13+,27-23+. The first kappa shape index (κ1) is 21.4. The van der Waals surface area contributed by atoms with Gasteiger partial charge in [0.05, 0.1) is 15.0 Å². The van der Waals surface area contributed by atoms with Crippen LogP contribution < -0.4 is 0 Å². The molecule has 0 saturated carbocycles. The average Bonchev–Trinajstić information content (AvgIpc) is 3.31. The lowest BCUT2D eigenvalue weighted by atomic mass is 10.2. The fourth-order valence-electron chi connectivity index (χ4n) is 2.93. The molecule has 0 radical (unpaired) electrons. The number of aryl methyl sites for hydroxylation is 1. The van der Waals surface area contributed by atoms with Crippen LogP contribution in [0.3, 0.4) is 0 Å². The van der Waals surface area contributed by atoms with Crippen LogP contribution in [0.4, 0.5) is 5.82 Å². The summed E-state index contributed by atoms with van der Waals surface area (Å²) in [5.74, 6) is 1.56. The SMILES string of the molecule is C=CCN1C(=O)/C(=C\c2ccc(-c3ccc(Cl)c(Cl)c3)o2)S/C1=N/c1cccc(C)n1. The third kappa shape index (κ3) is 4.77. The Hall–Kier alpha value is -2.80. The molecule has 4 rings (SSSR count). The van der Waals surface area contributed by atoms with Gasteiger partial charge < -0.3 is 4.42 Å². The van der Waals surface area contributed by atoms with Crippen LogP contribution in [0.15, 0.2) is 75.5 Å². The highest BCUT2D eigenvalue weighted by Crippen LogP contribution is 2.35. The molecular formula is C23H17Cl2N3O2S. The zero-order chi connectivity index (χ0) is 22.0. The van der Waals surface area contributed by atoms with Crippen LogP contribution in [0, 0.1) is 6.92 Å². The molecule has 5 nitrogen and oxygen atoms in total. The first-order chi connectivity index (χ1) is 14.9. The second-order valence-electron chi connectivity index (χ2n) is 6.68. The van der Waals surface area contributed by atoms with Crippen molar-refractivity contribution >= 4 is 57.9 Å². The Morgan fingerprint density at radius 1 is 1.19 bits per heavy atom. The van der Waals surface area contributed by atoms with Crippen molar-refractivity contribution in [3.63, 3.8) is 0 Å². The van der Waals surface area contributed by atoms with Crippen LogP contribution >= 0.6 is 35.0 Å². The van der Waals surface area contributed by atoms with Crippen LogP contribution in [-0.4, -0.2) is 27.5 Å². The first-order valence-electron chi connectivity index (χ1n) is 9.34. The number of aromatic nitrogens is 1. The highest BCUT2D eigenvalue weighted by Gasteiger charge is 2.33. The van der Waals surface area contributed by atoms with Crippen molar-refractivity contribution in [2.75, 3.05) is 6.54 Å².